The lowest BCUT2D eigenvalue weighted by Gasteiger charge is -2.28. The van der Waals surface area contributed by atoms with E-state index in [0.29, 0.717) is 23.5 Å². The highest BCUT2D eigenvalue weighted by Crippen LogP contribution is 2.25. The molecule has 0 aliphatic carbocycles. The minimum absolute atomic E-state index is 0.294. The van der Waals surface area contributed by atoms with Crippen molar-refractivity contribution < 1.29 is 19.1 Å². The van der Waals surface area contributed by atoms with Crippen LogP contribution in [0.15, 0.2) is 54.6 Å². The maximum Gasteiger partial charge on any atom is 0.338 e. The van der Waals surface area contributed by atoms with Crippen LogP contribution in [-0.4, -0.2) is 31.4 Å². The summed E-state index contributed by atoms with van der Waals surface area (Å²) in [5, 5.41) is 2.73. The van der Waals surface area contributed by atoms with Gasteiger partial charge in [0, 0.05) is 18.4 Å². The molecule has 0 saturated heterocycles. The van der Waals surface area contributed by atoms with Crippen LogP contribution in [0.4, 0.5) is 11.4 Å². The van der Waals surface area contributed by atoms with E-state index in [0.717, 1.165) is 0 Å². The van der Waals surface area contributed by atoms with E-state index in [-0.39, 0.29) is 5.91 Å². The van der Waals surface area contributed by atoms with Gasteiger partial charge in [0.05, 0.1) is 12.2 Å². The van der Waals surface area contributed by atoms with Gasteiger partial charge in [-0.05, 0) is 57.2 Å². The Morgan fingerprint density at radius 3 is 2.15 bits per heavy atom. The highest BCUT2D eigenvalue weighted by atomic mass is 16.5. The highest BCUT2D eigenvalue weighted by Gasteiger charge is 2.38. The first kappa shape index (κ1) is 20.2. The summed E-state index contributed by atoms with van der Waals surface area (Å²) < 4.78 is 4.93. The molecule has 0 saturated carbocycles. The summed E-state index contributed by atoms with van der Waals surface area (Å²) in [5.41, 5.74) is 0.331. The lowest BCUT2D eigenvalue weighted by atomic mass is 9.90. The first-order chi connectivity index (χ1) is 12.8. The van der Waals surface area contributed by atoms with Crippen LogP contribution in [0.5, 0.6) is 0 Å². The maximum absolute atomic E-state index is 12.8. The van der Waals surface area contributed by atoms with Crippen molar-refractivity contribution in [1.29, 1.82) is 0 Å². The van der Waals surface area contributed by atoms with Crippen LogP contribution in [0, 0.1) is 5.41 Å². The lowest BCUT2D eigenvalue weighted by molar-refractivity contribution is -0.136. The van der Waals surface area contributed by atoms with E-state index in [4.69, 9.17) is 4.74 Å². The third-order valence-corrected chi connectivity index (χ3v) is 4.20. The number of carbonyl (C=O) groups excluding carboxylic acids is 3. The van der Waals surface area contributed by atoms with E-state index in [1.807, 2.05) is 18.2 Å². The number of nitrogens with zero attached hydrogens (tertiary/aromatic N) is 1. The molecule has 0 aliphatic heterocycles. The number of para-hydroxylation sites is 1. The first-order valence-electron chi connectivity index (χ1n) is 8.69. The Hall–Kier alpha value is -3.15. The Morgan fingerprint density at radius 2 is 1.59 bits per heavy atom. The summed E-state index contributed by atoms with van der Waals surface area (Å²) >= 11 is 0. The van der Waals surface area contributed by atoms with Crippen molar-refractivity contribution in [2.75, 3.05) is 23.9 Å². The fourth-order valence-corrected chi connectivity index (χ4v) is 2.48. The molecule has 0 spiro atoms. The zero-order valence-electron chi connectivity index (χ0n) is 16.0. The Labute approximate surface area is 159 Å². The van der Waals surface area contributed by atoms with Gasteiger partial charge in [-0.3, -0.25) is 9.59 Å². The van der Waals surface area contributed by atoms with Crippen molar-refractivity contribution in [3.8, 4) is 0 Å². The number of esters is 1. The third-order valence-electron chi connectivity index (χ3n) is 4.20. The van der Waals surface area contributed by atoms with Gasteiger partial charge in [-0.25, -0.2) is 4.79 Å². The van der Waals surface area contributed by atoms with Crippen molar-refractivity contribution in [1.82, 2.24) is 0 Å². The van der Waals surface area contributed by atoms with Gasteiger partial charge < -0.3 is 15.0 Å². The fraction of sp³-hybridized carbons (Fsp3) is 0.286. The molecule has 2 amide bonds. The lowest BCUT2D eigenvalue weighted by Crippen LogP contribution is -2.46. The normalized spacial score (nSPS) is 10.8. The number of hydrogen-bond donors (Lipinski definition) is 1. The molecule has 0 aliphatic rings. The number of carbonyl (C=O) groups is 3. The maximum atomic E-state index is 12.8. The van der Waals surface area contributed by atoms with Gasteiger partial charge in [0.2, 0.25) is 11.8 Å². The van der Waals surface area contributed by atoms with Crippen LogP contribution >= 0.6 is 0 Å². The molecule has 142 valence electrons. The van der Waals surface area contributed by atoms with Crippen LogP contribution in [0.1, 0.15) is 31.1 Å². The number of rotatable bonds is 6. The average Bonchev–Trinajstić information content (AvgIpc) is 2.68. The van der Waals surface area contributed by atoms with Crippen LogP contribution in [0.2, 0.25) is 0 Å². The predicted molar refractivity (Wildman–Crippen MR) is 105 cm³/mol. The summed E-state index contributed by atoms with van der Waals surface area (Å²) in [4.78, 5) is 38.6. The van der Waals surface area contributed by atoms with Gasteiger partial charge in [0.25, 0.3) is 0 Å². The van der Waals surface area contributed by atoms with Crippen molar-refractivity contribution in [3.05, 3.63) is 60.2 Å². The van der Waals surface area contributed by atoms with Crippen LogP contribution in [-0.2, 0) is 14.3 Å². The number of benzene rings is 2. The van der Waals surface area contributed by atoms with E-state index in [2.05, 4.69) is 5.32 Å². The van der Waals surface area contributed by atoms with E-state index in [9.17, 15) is 14.4 Å². The van der Waals surface area contributed by atoms with E-state index >= 15 is 0 Å². The molecule has 0 unspecified atom stereocenters. The molecule has 0 fully saturated rings. The third kappa shape index (κ3) is 4.73. The van der Waals surface area contributed by atoms with Gasteiger partial charge in [-0.15, -0.1) is 0 Å². The molecule has 27 heavy (non-hydrogen) atoms. The average molecular weight is 368 g/mol. The molecule has 6 heteroatoms. The topological polar surface area (TPSA) is 75.7 Å². The second kappa shape index (κ2) is 8.49. The van der Waals surface area contributed by atoms with E-state index in [1.54, 1.807) is 64.2 Å². The standard InChI is InChI=1S/C21H24N2O4/c1-5-27-18(24)15-11-13-16(14-12-15)22-19(25)21(2,3)20(26)23(4)17-9-7-6-8-10-17/h6-14H,5H2,1-4H3,(H,22,25). The highest BCUT2D eigenvalue weighted by molar-refractivity contribution is 6.14. The van der Waals surface area contributed by atoms with Crippen molar-refractivity contribution in [2.45, 2.75) is 20.8 Å². The summed E-state index contributed by atoms with van der Waals surface area (Å²) in [6.07, 6.45) is 0. The zero-order chi connectivity index (χ0) is 20.0. The SMILES string of the molecule is CCOC(=O)c1ccc(NC(=O)C(C)(C)C(=O)N(C)c2ccccc2)cc1. The Bertz CT molecular complexity index is 814. The molecule has 0 aromatic heterocycles. The van der Waals surface area contributed by atoms with Crippen molar-refractivity contribution >= 4 is 29.2 Å². The van der Waals surface area contributed by atoms with Gasteiger partial charge >= 0.3 is 5.97 Å². The fourth-order valence-electron chi connectivity index (χ4n) is 2.48. The molecular weight excluding hydrogens is 344 g/mol. The Balaban J connectivity index is 2.09. The quantitative estimate of drug-likeness (QED) is 0.625. The molecule has 0 atom stereocenters. The van der Waals surface area contributed by atoms with Gasteiger partial charge in [0.15, 0.2) is 0 Å². The van der Waals surface area contributed by atoms with Gasteiger partial charge in [0.1, 0.15) is 5.41 Å². The Kier molecular flexibility index (Phi) is 6.34. The largest absolute Gasteiger partial charge is 0.462 e. The zero-order valence-corrected chi connectivity index (χ0v) is 16.0. The second-order valence-corrected chi connectivity index (χ2v) is 6.58. The smallest absolute Gasteiger partial charge is 0.338 e. The minimum atomic E-state index is -1.27. The molecule has 0 radical (unpaired) electrons. The molecule has 0 bridgehead atoms. The molecule has 2 aromatic carbocycles. The van der Waals surface area contributed by atoms with Gasteiger partial charge in [-0.1, -0.05) is 18.2 Å². The molecular formula is C21H24N2O4. The monoisotopic (exact) mass is 368 g/mol. The second-order valence-electron chi connectivity index (χ2n) is 6.58. The predicted octanol–water partition coefficient (Wildman–Crippen LogP) is 3.49. The summed E-state index contributed by atoms with van der Waals surface area (Å²) in [7, 11) is 1.64. The number of anilines is 2. The summed E-state index contributed by atoms with van der Waals surface area (Å²) in [6.45, 7) is 5.19. The van der Waals surface area contributed by atoms with Crippen LogP contribution in [0.3, 0.4) is 0 Å². The number of amides is 2. The van der Waals surface area contributed by atoms with Crippen LogP contribution in [0.25, 0.3) is 0 Å². The van der Waals surface area contributed by atoms with E-state index in [1.165, 1.54) is 4.90 Å². The summed E-state index contributed by atoms with van der Waals surface area (Å²) in [6, 6.07) is 15.5. The number of hydrogen-bond acceptors (Lipinski definition) is 4. The van der Waals surface area contributed by atoms with E-state index < -0.39 is 17.3 Å². The van der Waals surface area contributed by atoms with Crippen molar-refractivity contribution in [2.24, 2.45) is 5.41 Å². The molecule has 6 nitrogen and oxygen atoms in total. The molecule has 2 aromatic rings. The Morgan fingerprint density at radius 1 is 1.00 bits per heavy atom. The minimum Gasteiger partial charge on any atom is -0.462 e. The van der Waals surface area contributed by atoms with Crippen LogP contribution < -0.4 is 10.2 Å². The molecule has 2 rings (SSSR count). The first-order valence-corrected chi connectivity index (χ1v) is 8.69. The number of nitrogens with one attached hydrogen (secondary N) is 1. The van der Waals surface area contributed by atoms with Gasteiger partial charge in [-0.2, -0.15) is 0 Å². The summed E-state index contributed by atoms with van der Waals surface area (Å²) in [5.74, 6) is -1.18. The number of ether oxygens (including phenoxy) is 1. The van der Waals surface area contributed by atoms with Crippen molar-refractivity contribution in [3.63, 3.8) is 0 Å². The molecule has 1 N–H and O–H groups in total. The molecule has 0 heterocycles.